The molecule has 0 unspecified atom stereocenters. The molecule has 0 atom stereocenters. The first-order valence-electron chi connectivity index (χ1n) is 7.27. The summed E-state index contributed by atoms with van der Waals surface area (Å²) in [6, 6.07) is 15.8. The molecular formula is C18H17NO. The van der Waals surface area contributed by atoms with Gasteiger partial charge in [-0.05, 0) is 66.5 Å². The van der Waals surface area contributed by atoms with E-state index in [1.807, 2.05) is 36.4 Å². The first-order chi connectivity index (χ1) is 9.77. The molecule has 1 fully saturated rings. The Hall–Kier alpha value is -2.09. The monoisotopic (exact) mass is 263 g/mol. The minimum absolute atomic E-state index is 0.0339. The fourth-order valence-electron chi connectivity index (χ4n) is 3.34. The molecule has 20 heavy (non-hydrogen) atoms. The summed E-state index contributed by atoms with van der Waals surface area (Å²) < 4.78 is 0. The van der Waals surface area contributed by atoms with Crippen LogP contribution in [-0.2, 0) is 11.8 Å². The predicted octanol–water partition coefficient (Wildman–Crippen LogP) is 3.92. The molecule has 0 radical (unpaired) electrons. The SMILES string of the molecule is O=C(Nc1ccc2c(c1)C1(CC2)CC1)c1ccccc1. The number of amides is 1. The van der Waals surface area contributed by atoms with Crippen LogP contribution in [0.25, 0.3) is 0 Å². The van der Waals surface area contributed by atoms with Gasteiger partial charge in [-0.15, -0.1) is 0 Å². The highest BCUT2D eigenvalue weighted by Crippen LogP contribution is 2.57. The van der Waals surface area contributed by atoms with E-state index in [-0.39, 0.29) is 5.91 Å². The predicted molar refractivity (Wildman–Crippen MR) is 80.1 cm³/mol. The van der Waals surface area contributed by atoms with Crippen molar-refractivity contribution < 1.29 is 4.79 Å². The third-order valence-corrected chi connectivity index (χ3v) is 4.70. The van der Waals surface area contributed by atoms with Gasteiger partial charge in [-0.1, -0.05) is 24.3 Å². The van der Waals surface area contributed by atoms with E-state index < -0.39 is 0 Å². The third kappa shape index (κ3) is 1.83. The topological polar surface area (TPSA) is 29.1 Å². The highest BCUT2D eigenvalue weighted by Gasteiger charge is 2.48. The van der Waals surface area contributed by atoms with E-state index in [2.05, 4.69) is 17.4 Å². The summed E-state index contributed by atoms with van der Waals surface area (Å²) in [6.07, 6.45) is 5.12. The van der Waals surface area contributed by atoms with E-state index in [1.54, 1.807) is 0 Å². The van der Waals surface area contributed by atoms with Crippen LogP contribution in [-0.4, -0.2) is 5.91 Å². The second-order valence-electron chi connectivity index (χ2n) is 5.97. The number of aryl methyl sites for hydroxylation is 1. The number of fused-ring (bicyclic) bond motifs is 2. The number of benzene rings is 2. The zero-order valence-electron chi connectivity index (χ0n) is 11.4. The van der Waals surface area contributed by atoms with E-state index in [9.17, 15) is 4.79 Å². The molecule has 1 N–H and O–H groups in total. The average Bonchev–Trinajstić information content (AvgIpc) is 3.19. The molecule has 100 valence electrons. The zero-order chi connectivity index (χ0) is 13.6. The van der Waals surface area contributed by atoms with Crippen LogP contribution in [0.1, 0.15) is 40.7 Å². The molecule has 0 heterocycles. The van der Waals surface area contributed by atoms with Gasteiger partial charge in [0.2, 0.25) is 0 Å². The number of rotatable bonds is 2. The van der Waals surface area contributed by atoms with Crippen molar-refractivity contribution in [2.75, 3.05) is 5.32 Å². The molecule has 0 aliphatic heterocycles. The number of carbonyl (C=O) groups excluding carboxylic acids is 1. The molecule has 0 aromatic heterocycles. The summed E-state index contributed by atoms with van der Waals surface area (Å²) in [7, 11) is 0. The zero-order valence-corrected chi connectivity index (χ0v) is 11.4. The summed E-state index contributed by atoms with van der Waals surface area (Å²) in [5.74, 6) is -0.0339. The first kappa shape index (κ1) is 11.7. The maximum absolute atomic E-state index is 12.2. The Balaban J connectivity index is 1.60. The summed E-state index contributed by atoms with van der Waals surface area (Å²) >= 11 is 0. The third-order valence-electron chi connectivity index (χ3n) is 4.70. The standard InChI is InChI=1S/C18H17NO/c20-17(14-4-2-1-3-5-14)19-15-7-6-13-8-9-18(10-11-18)16(13)12-15/h1-7,12H,8-11H2,(H,19,20). The molecule has 0 bridgehead atoms. The van der Waals surface area contributed by atoms with Crippen LogP contribution < -0.4 is 5.32 Å². The van der Waals surface area contributed by atoms with Crippen molar-refractivity contribution in [2.45, 2.75) is 31.1 Å². The van der Waals surface area contributed by atoms with Gasteiger partial charge in [-0.3, -0.25) is 4.79 Å². The minimum atomic E-state index is -0.0339. The lowest BCUT2D eigenvalue weighted by atomic mass is 9.98. The van der Waals surface area contributed by atoms with Crippen molar-refractivity contribution in [3.8, 4) is 0 Å². The molecule has 2 aromatic carbocycles. The van der Waals surface area contributed by atoms with E-state index in [0.29, 0.717) is 11.0 Å². The summed E-state index contributed by atoms with van der Waals surface area (Å²) in [5.41, 5.74) is 5.03. The van der Waals surface area contributed by atoms with Crippen LogP contribution in [0, 0.1) is 0 Å². The summed E-state index contributed by atoms with van der Waals surface area (Å²) in [6.45, 7) is 0. The van der Waals surface area contributed by atoms with E-state index in [0.717, 1.165) is 5.69 Å². The molecule has 2 aromatic rings. The summed E-state index contributed by atoms with van der Waals surface area (Å²) in [5, 5.41) is 3.01. The second kappa shape index (κ2) is 4.20. The summed E-state index contributed by atoms with van der Waals surface area (Å²) in [4.78, 5) is 12.2. The van der Waals surface area contributed by atoms with Gasteiger partial charge in [0.1, 0.15) is 0 Å². The maximum atomic E-state index is 12.2. The van der Waals surface area contributed by atoms with Crippen molar-refractivity contribution in [1.29, 1.82) is 0 Å². The molecule has 2 aliphatic rings. The van der Waals surface area contributed by atoms with Crippen molar-refractivity contribution >= 4 is 11.6 Å². The van der Waals surface area contributed by atoms with E-state index >= 15 is 0 Å². The molecular weight excluding hydrogens is 246 g/mol. The number of carbonyl (C=O) groups is 1. The van der Waals surface area contributed by atoms with Gasteiger partial charge in [0, 0.05) is 11.3 Å². The smallest absolute Gasteiger partial charge is 0.255 e. The second-order valence-corrected chi connectivity index (χ2v) is 5.97. The van der Waals surface area contributed by atoms with Crippen molar-refractivity contribution in [1.82, 2.24) is 0 Å². The number of nitrogens with one attached hydrogen (secondary N) is 1. The Labute approximate surface area is 118 Å². The molecule has 2 heteroatoms. The lowest BCUT2D eigenvalue weighted by Crippen LogP contribution is -2.12. The fraction of sp³-hybridized carbons (Fsp3) is 0.278. The average molecular weight is 263 g/mol. The van der Waals surface area contributed by atoms with Gasteiger partial charge in [-0.2, -0.15) is 0 Å². The minimum Gasteiger partial charge on any atom is -0.322 e. The fourth-order valence-corrected chi connectivity index (χ4v) is 3.34. The number of hydrogen-bond acceptors (Lipinski definition) is 1. The van der Waals surface area contributed by atoms with Crippen molar-refractivity contribution in [3.05, 3.63) is 65.2 Å². The van der Waals surface area contributed by atoms with E-state index in [4.69, 9.17) is 0 Å². The van der Waals surface area contributed by atoms with Gasteiger partial charge >= 0.3 is 0 Å². The molecule has 1 spiro atoms. The van der Waals surface area contributed by atoms with Gasteiger partial charge in [0.15, 0.2) is 0 Å². The lowest BCUT2D eigenvalue weighted by molar-refractivity contribution is 0.102. The molecule has 0 saturated heterocycles. The molecule has 2 nitrogen and oxygen atoms in total. The highest BCUT2D eigenvalue weighted by atomic mass is 16.1. The van der Waals surface area contributed by atoms with Crippen LogP contribution in [0.3, 0.4) is 0 Å². The first-order valence-corrected chi connectivity index (χ1v) is 7.27. The molecule has 2 aliphatic carbocycles. The number of anilines is 1. The molecule has 1 saturated carbocycles. The van der Waals surface area contributed by atoms with Crippen LogP contribution in [0.15, 0.2) is 48.5 Å². The Kier molecular flexibility index (Phi) is 2.46. The Morgan fingerprint density at radius 3 is 2.55 bits per heavy atom. The Morgan fingerprint density at radius 2 is 1.80 bits per heavy atom. The van der Waals surface area contributed by atoms with Crippen LogP contribution in [0.5, 0.6) is 0 Å². The van der Waals surface area contributed by atoms with Crippen LogP contribution >= 0.6 is 0 Å². The van der Waals surface area contributed by atoms with Gasteiger partial charge < -0.3 is 5.32 Å². The van der Waals surface area contributed by atoms with Crippen LogP contribution in [0.4, 0.5) is 5.69 Å². The van der Waals surface area contributed by atoms with Crippen molar-refractivity contribution in [2.24, 2.45) is 0 Å². The normalized spacial score (nSPS) is 17.8. The largest absolute Gasteiger partial charge is 0.322 e. The quantitative estimate of drug-likeness (QED) is 0.874. The molecule has 4 rings (SSSR count). The van der Waals surface area contributed by atoms with Crippen molar-refractivity contribution in [3.63, 3.8) is 0 Å². The van der Waals surface area contributed by atoms with Gasteiger partial charge in [0.05, 0.1) is 0 Å². The Morgan fingerprint density at radius 1 is 1.00 bits per heavy atom. The lowest BCUT2D eigenvalue weighted by Gasteiger charge is -2.11. The van der Waals surface area contributed by atoms with Gasteiger partial charge in [0.25, 0.3) is 5.91 Å². The Bertz CT molecular complexity index is 671. The highest BCUT2D eigenvalue weighted by molar-refractivity contribution is 6.04. The van der Waals surface area contributed by atoms with Crippen LogP contribution in [0.2, 0.25) is 0 Å². The van der Waals surface area contributed by atoms with E-state index in [1.165, 1.54) is 36.8 Å². The van der Waals surface area contributed by atoms with Gasteiger partial charge in [-0.25, -0.2) is 0 Å². The number of hydrogen-bond donors (Lipinski definition) is 1. The maximum Gasteiger partial charge on any atom is 0.255 e. The molecule has 1 amide bonds.